The number of unbranched alkanes of at least 4 members (excludes halogenated alkanes) is 27. The fourth-order valence-corrected chi connectivity index (χ4v) is 20.3. The maximum atomic E-state index is 15.8. The van der Waals surface area contributed by atoms with Crippen LogP contribution in [0.25, 0.3) is 42.9 Å². The molecule has 5 aromatic heterocycles. The van der Waals surface area contributed by atoms with E-state index in [1.165, 1.54) is 228 Å². The van der Waals surface area contributed by atoms with Crippen molar-refractivity contribution in [2.75, 3.05) is 0 Å². The van der Waals surface area contributed by atoms with E-state index < -0.39 is 18.4 Å². The molecule has 2 aromatic carbocycles. The smallest absolute Gasteiger partial charge is 0.140 e. The van der Waals surface area contributed by atoms with E-state index in [9.17, 15) is 4.39 Å². The summed E-state index contributed by atoms with van der Waals surface area (Å²) in [6.45, 7) is 6.85. The summed E-state index contributed by atoms with van der Waals surface area (Å²) in [5, 5.41) is 6.88. The van der Waals surface area contributed by atoms with Crippen molar-refractivity contribution in [2.24, 2.45) is 0 Å². The SMILES string of the molecule is CCCCCCCCCCCCc1cs[c]([Sn]([CH3])([CH3])[CH3])c1.CCCCCCCCCCCCc1csc(-c2cc(F)c(-c3cc(CCCCCCCCCCCC)cs3)c3nsnc23)c1.Fc1cc(Br)c2nsnc2c1Br. The van der Waals surface area contributed by atoms with Gasteiger partial charge in [0.05, 0.1) is 33.5 Å². The quantitative estimate of drug-likeness (QED) is 0.0223. The average Bonchev–Trinajstić information content (AvgIpc) is 4.29. The van der Waals surface area contributed by atoms with Crippen molar-refractivity contribution in [3.05, 3.63) is 83.7 Å². The molecule has 7 rings (SSSR count). The summed E-state index contributed by atoms with van der Waals surface area (Å²) in [4.78, 5) is 9.63. The van der Waals surface area contributed by atoms with Crippen LogP contribution in [0.15, 0.2) is 55.4 Å². The van der Waals surface area contributed by atoms with Crippen LogP contribution in [0.2, 0.25) is 14.8 Å². The number of aryl methyl sites for hydroxylation is 3. The second kappa shape index (κ2) is 38.5. The zero-order chi connectivity index (χ0) is 55.1. The van der Waals surface area contributed by atoms with E-state index in [1.807, 2.05) is 11.3 Å². The summed E-state index contributed by atoms with van der Waals surface area (Å²) in [5.74, 6) is -0.515. The second-order valence-electron chi connectivity index (χ2n) is 22.4. The molecule has 4 nitrogen and oxygen atoms in total. The molecule has 77 heavy (non-hydrogen) atoms. The Bertz CT molecular complexity index is 2670. The molecule has 0 aliphatic carbocycles. The normalized spacial score (nSPS) is 11.7. The Morgan fingerprint density at radius 2 is 0.779 bits per heavy atom. The minimum atomic E-state index is -1.79. The number of fused-ring (bicyclic) bond motifs is 2. The molecule has 0 fully saturated rings. The summed E-state index contributed by atoms with van der Waals surface area (Å²) in [5.41, 5.74) is 8.60. The Labute approximate surface area is 506 Å². The third kappa shape index (κ3) is 24.3. The van der Waals surface area contributed by atoms with Crippen LogP contribution in [0, 0.1) is 11.6 Å². The van der Waals surface area contributed by atoms with Gasteiger partial charge >= 0.3 is 122 Å². The number of nitrogens with zero attached hydrogens (tertiary/aromatic N) is 4. The molecule has 0 saturated carbocycles. The van der Waals surface area contributed by atoms with Crippen molar-refractivity contribution in [3.8, 4) is 20.9 Å². The third-order valence-electron chi connectivity index (χ3n) is 14.5. The second-order valence-corrected chi connectivity index (χ2v) is 43.2. The number of thiophene rings is 3. The van der Waals surface area contributed by atoms with Gasteiger partial charge in [0.2, 0.25) is 0 Å². The van der Waals surface area contributed by atoms with Crippen molar-refractivity contribution in [1.29, 1.82) is 0 Å². The average molecular weight is 1380 g/mol. The number of benzene rings is 2. The summed E-state index contributed by atoms with van der Waals surface area (Å²) < 4.78 is 48.7. The number of rotatable bonds is 36. The van der Waals surface area contributed by atoms with Gasteiger partial charge in [-0.05, 0) is 104 Å². The molecular weight excluding hydrogens is 1290 g/mol. The molecule has 7 aromatic rings. The van der Waals surface area contributed by atoms with Crippen LogP contribution in [0.5, 0.6) is 0 Å². The van der Waals surface area contributed by atoms with E-state index >= 15 is 4.39 Å². The van der Waals surface area contributed by atoms with E-state index in [-0.39, 0.29) is 11.6 Å². The van der Waals surface area contributed by atoms with Crippen LogP contribution in [0.1, 0.15) is 230 Å². The number of hydrogen-bond donors (Lipinski definition) is 0. The van der Waals surface area contributed by atoms with Gasteiger partial charge in [0.25, 0.3) is 0 Å². The molecule has 0 spiro atoms. The van der Waals surface area contributed by atoms with Crippen LogP contribution in [-0.2, 0) is 19.3 Å². The maximum absolute atomic E-state index is 15.8. The Balaban J connectivity index is 0.000000270. The molecule has 0 radical (unpaired) electrons. The van der Waals surface area contributed by atoms with Gasteiger partial charge in [-0.25, -0.2) is 8.78 Å². The predicted octanol–water partition coefficient (Wildman–Crippen LogP) is 24.3. The van der Waals surface area contributed by atoms with Crippen molar-refractivity contribution in [2.45, 2.75) is 247 Å². The molecule has 0 bridgehead atoms. The van der Waals surface area contributed by atoms with Gasteiger partial charge in [0.15, 0.2) is 0 Å². The minimum Gasteiger partial charge on any atom is -0.206 e. The number of hydrogen-bond acceptors (Lipinski definition) is 9. The summed E-state index contributed by atoms with van der Waals surface area (Å²) in [6.07, 6.45) is 44.9. The van der Waals surface area contributed by atoms with E-state index in [2.05, 4.69) is 119 Å². The Hall–Kier alpha value is -1.20. The molecule has 0 atom stereocenters. The Morgan fingerprint density at radius 3 is 1.23 bits per heavy atom. The molecule has 14 heteroatoms. The Morgan fingerprint density at radius 1 is 0.403 bits per heavy atom. The van der Waals surface area contributed by atoms with Gasteiger partial charge in [-0.3, -0.25) is 0 Å². The molecule has 5 heterocycles. The molecule has 0 N–H and O–H groups in total. The molecule has 0 unspecified atom stereocenters. The van der Waals surface area contributed by atoms with Crippen molar-refractivity contribution in [3.63, 3.8) is 0 Å². The first-order chi connectivity index (χ1) is 37.4. The first kappa shape index (κ1) is 66.6. The van der Waals surface area contributed by atoms with Crippen LogP contribution in [0.4, 0.5) is 8.78 Å². The van der Waals surface area contributed by atoms with Crippen molar-refractivity contribution >= 4 is 133 Å². The molecule has 0 saturated heterocycles. The van der Waals surface area contributed by atoms with Gasteiger partial charge < -0.3 is 0 Å². The van der Waals surface area contributed by atoms with Crippen LogP contribution >= 0.6 is 89.3 Å². The largest absolute Gasteiger partial charge is 0.206 e. The van der Waals surface area contributed by atoms with Gasteiger partial charge in [0.1, 0.15) is 33.7 Å². The van der Waals surface area contributed by atoms with Gasteiger partial charge in [0, 0.05) is 19.8 Å². The van der Waals surface area contributed by atoms with E-state index in [1.54, 1.807) is 37.2 Å². The van der Waals surface area contributed by atoms with Crippen molar-refractivity contribution < 1.29 is 8.78 Å². The van der Waals surface area contributed by atoms with Crippen LogP contribution in [0.3, 0.4) is 0 Å². The molecule has 0 aliphatic rings. The third-order valence-corrected chi connectivity index (χ3v) is 29.5. The topological polar surface area (TPSA) is 51.6 Å². The number of aromatic nitrogens is 4. The fraction of sp³-hybridized carbons (Fsp3) is 0.619. The van der Waals surface area contributed by atoms with Crippen molar-refractivity contribution in [1.82, 2.24) is 17.5 Å². The fourth-order valence-electron chi connectivity index (χ4n) is 9.81. The van der Waals surface area contributed by atoms with E-state index in [4.69, 9.17) is 0 Å². The standard InChI is InChI=1S/C38H55FN2S3.C16H27S.C6HBr2FN2S.3CH3.Sn/c1-3-5-7-9-11-13-15-17-19-21-23-30-25-34(42-28-30)32-27-33(39)36(38-37(32)40-44-41-38)35-26-31(29-43-35)24-22-20-18-16-14-12-10-8-6-4-2;1-2-3-4-5-6-7-8-9-10-11-12-16-13-14-17-15-16;7-2-1-3(9)4(8)6-5(2)10-12-11-6;;;;/h25-29H,3-24H2,1-2H3;13,15H,2-12H2,1H3;1H;3*1H3;. The Kier molecular flexibility index (Phi) is 33.3. The molecule has 426 valence electrons. The first-order valence-electron chi connectivity index (χ1n) is 29.9. The zero-order valence-electron chi connectivity index (χ0n) is 47.8. The summed E-state index contributed by atoms with van der Waals surface area (Å²) in [6, 6.07) is 10.0. The minimum absolute atomic E-state index is 0.183. The molecule has 0 aliphatic heterocycles. The summed E-state index contributed by atoms with van der Waals surface area (Å²) >= 11 is 12.2. The zero-order valence-corrected chi connectivity index (χ0v) is 57.9. The monoisotopic (exact) mass is 1380 g/mol. The predicted molar refractivity (Wildman–Crippen MR) is 351 cm³/mol. The molecule has 0 amide bonds. The summed E-state index contributed by atoms with van der Waals surface area (Å²) in [7, 11) is 0. The molecular formula is C63H92Br2F2N4S5Sn. The van der Waals surface area contributed by atoms with Crippen LogP contribution < -0.4 is 2.89 Å². The van der Waals surface area contributed by atoms with Gasteiger partial charge in [-0.2, -0.15) is 17.5 Å². The van der Waals surface area contributed by atoms with Gasteiger partial charge in [-0.1, -0.05) is 149 Å². The maximum Gasteiger partial charge on any atom is 0.140 e. The number of halogens is 4. The van der Waals surface area contributed by atoms with E-state index in [0.29, 0.717) is 31.1 Å². The van der Waals surface area contributed by atoms with Crippen LogP contribution in [-0.4, -0.2) is 35.9 Å². The first-order valence-corrected chi connectivity index (χ1v) is 45.6. The van der Waals surface area contributed by atoms with Gasteiger partial charge in [-0.15, -0.1) is 22.7 Å². The van der Waals surface area contributed by atoms with E-state index in [0.717, 1.165) is 45.4 Å².